The van der Waals surface area contributed by atoms with E-state index in [-0.39, 0.29) is 24.2 Å². The lowest BCUT2D eigenvalue weighted by Gasteiger charge is -2.21. The fourth-order valence-electron chi connectivity index (χ4n) is 2.61. The maximum atomic E-state index is 12.1. The van der Waals surface area contributed by atoms with Crippen LogP contribution in [-0.2, 0) is 21.2 Å². The van der Waals surface area contributed by atoms with Gasteiger partial charge in [0.05, 0.1) is 17.4 Å². The molecule has 21 heavy (non-hydrogen) atoms. The Balaban J connectivity index is 1.58. The van der Waals surface area contributed by atoms with Gasteiger partial charge in [-0.2, -0.15) is 0 Å². The first-order chi connectivity index (χ1) is 10.0. The van der Waals surface area contributed by atoms with Crippen LogP contribution in [0.2, 0.25) is 0 Å². The molecule has 0 spiro atoms. The third kappa shape index (κ3) is 3.29. The molecule has 1 atom stereocenters. The summed E-state index contributed by atoms with van der Waals surface area (Å²) in [6.07, 6.45) is 1.19. The zero-order valence-electron chi connectivity index (χ0n) is 11.5. The molecule has 0 aromatic heterocycles. The van der Waals surface area contributed by atoms with Crippen LogP contribution in [0.5, 0.6) is 11.5 Å². The topological polar surface area (TPSA) is 81.7 Å². The monoisotopic (exact) mass is 311 g/mol. The number of fused-ring (bicyclic) bond motifs is 1. The molecule has 1 amide bonds. The van der Waals surface area contributed by atoms with Crippen LogP contribution in [0.25, 0.3) is 0 Å². The average Bonchev–Trinajstić information content (AvgIpc) is 2.91. The van der Waals surface area contributed by atoms with Crippen molar-refractivity contribution < 1.29 is 22.7 Å². The number of carbonyl (C=O) groups is 1. The van der Waals surface area contributed by atoms with Gasteiger partial charge in [0.2, 0.25) is 12.7 Å². The second-order valence-corrected chi connectivity index (χ2v) is 7.59. The van der Waals surface area contributed by atoms with E-state index in [2.05, 4.69) is 5.32 Å². The van der Waals surface area contributed by atoms with Crippen LogP contribution in [0.1, 0.15) is 18.4 Å². The molecule has 2 aliphatic heterocycles. The molecule has 114 valence electrons. The van der Waals surface area contributed by atoms with Crippen LogP contribution in [0.4, 0.5) is 0 Å². The van der Waals surface area contributed by atoms with Crippen molar-refractivity contribution in [2.24, 2.45) is 5.92 Å². The zero-order chi connectivity index (χ0) is 14.9. The van der Waals surface area contributed by atoms with Gasteiger partial charge in [-0.3, -0.25) is 4.79 Å². The summed E-state index contributed by atoms with van der Waals surface area (Å²) in [5.74, 6) is 0.887. The molecule has 1 aromatic carbocycles. The lowest BCUT2D eigenvalue weighted by Crippen LogP contribution is -2.37. The molecule has 0 aliphatic carbocycles. The SMILES string of the molecule is O=C(NCc1ccc2c(c1)OCO2)C1CCCS(=O)(=O)C1. The van der Waals surface area contributed by atoms with Crippen molar-refractivity contribution in [1.82, 2.24) is 5.32 Å². The molecule has 2 aliphatic rings. The van der Waals surface area contributed by atoms with Crippen molar-refractivity contribution in [2.75, 3.05) is 18.3 Å². The summed E-state index contributed by atoms with van der Waals surface area (Å²) in [5, 5.41) is 2.80. The van der Waals surface area contributed by atoms with Gasteiger partial charge in [-0.25, -0.2) is 8.42 Å². The summed E-state index contributed by atoms with van der Waals surface area (Å²) in [7, 11) is -3.07. The van der Waals surface area contributed by atoms with Crippen molar-refractivity contribution in [1.29, 1.82) is 0 Å². The summed E-state index contributed by atoms with van der Waals surface area (Å²) in [4.78, 5) is 12.1. The molecule has 1 aromatic rings. The summed E-state index contributed by atoms with van der Waals surface area (Å²) in [5.41, 5.74) is 0.895. The predicted octanol–water partition coefficient (Wildman–Crippen LogP) is 0.856. The molecular weight excluding hydrogens is 294 g/mol. The minimum absolute atomic E-state index is 0.0417. The summed E-state index contributed by atoms with van der Waals surface area (Å²) >= 11 is 0. The van der Waals surface area contributed by atoms with E-state index in [1.54, 1.807) is 6.07 Å². The zero-order valence-corrected chi connectivity index (χ0v) is 12.3. The summed E-state index contributed by atoms with van der Waals surface area (Å²) in [6.45, 7) is 0.567. The molecule has 7 heteroatoms. The van der Waals surface area contributed by atoms with Crippen molar-refractivity contribution in [3.8, 4) is 11.5 Å². The lowest BCUT2D eigenvalue weighted by atomic mass is 10.0. The maximum absolute atomic E-state index is 12.1. The van der Waals surface area contributed by atoms with Gasteiger partial charge >= 0.3 is 0 Å². The quantitative estimate of drug-likeness (QED) is 0.895. The Bertz CT molecular complexity index is 655. The minimum Gasteiger partial charge on any atom is -0.454 e. The van der Waals surface area contributed by atoms with E-state index in [0.717, 1.165) is 5.56 Å². The first kappa shape index (κ1) is 14.2. The largest absolute Gasteiger partial charge is 0.454 e. The van der Waals surface area contributed by atoms with Gasteiger partial charge in [0.25, 0.3) is 0 Å². The molecule has 1 fully saturated rings. The standard InChI is InChI=1S/C14H17NO5S/c16-14(11-2-1-5-21(17,18)8-11)15-7-10-3-4-12-13(6-10)20-9-19-12/h3-4,6,11H,1-2,5,7-9H2,(H,15,16). The van der Waals surface area contributed by atoms with Crippen LogP contribution in [0.15, 0.2) is 18.2 Å². The van der Waals surface area contributed by atoms with E-state index < -0.39 is 15.8 Å². The predicted molar refractivity (Wildman–Crippen MR) is 75.8 cm³/mol. The number of nitrogens with one attached hydrogen (secondary N) is 1. The minimum atomic E-state index is -3.07. The van der Waals surface area contributed by atoms with E-state index in [4.69, 9.17) is 9.47 Å². The molecule has 6 nitrogen and oxygen atoms in total. The van der Waals surface area contributed by atoms with Crippen molar-refractivity contribution >= 4 is 15.7 Å². The molecule has 3 rings (SSSR count). The second kappa shape index (κ2) is 5.55. The van der Waals surface area contributed by atoms with Gasteiger partial charge in [0.1, 0.15) is 0 Å². The van der Waals surface area contributed by atoms with E-state index >= 15 is 0 Å². The Morgan fingerprint density at radius 3 is 2.90 bits per heavy atom. The highest BCUT2D eigenvalue weighted by Crippen LogP contribution is 2.32. The van der Waals surface area contributed by atoms with Gasteiger partial charge < -0.3 is 14.8 Å². The number of hydrogen-bond donors (Lipinski definition) is 1. The Hall–Kier alpha value is -1.76. The van der Waals surface area contributed by atoms with E-state index in [9.17, 15) is 13.2 Å². The molecule has 0 saturated carbocycles. The first-order valence-electron chi connectivity index (χ1n) is 6.90. The van der Waals surface area contributed by atoms with E-state index in [1.165, 1.54) is 0 Å². The molecule has 1 saturated heterocycles. The van der Waals surface area contributed by atoms with E-state index in [0.29, 0.717) is 30.9 Å². The van der Waals surface area contributed by atoms with E-state index in [1.807, 2.05) is 12.1 Å². The first-order valence-corrected chi connectivity index (χ1v) is 8.72. The van der Waals surface area contributed by atoms with Crippen LogP contribution in [0, 0.1) is 5.92 Å². The Morgan fingerprint density at radius 1 is 1.29 bits per heavy atom. The Morgan fingerprint density at radius 2 is 2.10 bits per heavy atom. The smallest absolute Gasteiger partial charge is 0.231 e. The maximum Gasteiger partial charge on any atom is 0.231 e. The fraction of sp³-hybridized carbons (Fsp3) is 0.500. The molecular formula is C14H17NO5S. The summed E-state index contributed by atoms with van der Waals surface area (Å²) < 4.78 is 33.6. The third-order valence-corrected chi connectivity index (χ3v) is 5.56. The van der Waals surface area contributed by atoms with Crippen molar-refractivity contribution in [2.45, 2.75) is 19.4 Å². The van der Waals surface area contributed by atoms with Crippen LogP contribution < -0.4 is 14.8 Å². The average molecular weight is 311 g/mol. The Labute approximate surface area is 123 Å². The van der Waals surface area contributed by atoms with Gasteiger partial charge in [-0.1, -0.05) is 6.07 Å². The van der Waals surface area contributed by atoms with Gasteiger partial charge in [0.15, 0.2) is 21.3 Å². The highest BCUT2D eigenvalue weighted by Gasteiger charge is 2.29. The van der Waals surface area contributed by atoms with Crippen LogP contribution in [-0.4, -0.2) is 32.6 Å². The highest BCUT2D eigenvalue weighted by molar-refractivity contribution is 7.91. The van der Waals surface area contributed by atoms with Gasteiger partial charge in [0, 0.05) is 6.54 Å². The number of sulfone groups is 1. The van der Waals surface area contributed by atoms with Crippen molar-refractivity contribution in [3.63, 3.8) is 0 Å². The molecule has 1 unspecified atom stereocenters. The fourth-order valence-corrected chi connectivity index (χ4v) is 4.32. The number of hydrogen-bond acceptors (Lipinski definition) is 5. The third-order valence-electron chi connectivity index (χ3n) is 3.74. The number of amides is 1. The molecule has 0 radical (unpaired) electrons. The normalized spacial score (nSPS) is 22.8. The van der Waals surface area contributed by atoms with Gasteiger partial charge in [-0.15, -0.1) is 0 Å². The number of rotatable bonds is 3. The summed E-state index contributed by atoms with van der Waals surface area (Å²) in [6, 6.07) is 5.47. The van der Waals surface area contributed by atoms with Gasteiger partial charge in [-0.05, 0) is 30.5 Å². The van der Waals surface area contributed by atoms with Crippen LogP contribution in [0.3, 0.4) is 0 Å². The lowest BCUT2D eigenvalue weighted by molar-refractivity contribution is -0.124. The Kier molecular flexibility index (Phi) is 3.75. The molecule has 1 N–H and O–H groups in total. The highest BCUT2D eigenvalue weighted by atomic mass is 32.2. The molecule has 2 heterocycles. The second-order valence-electron chi connectivity index (χ2n) is 5.36. The van der Waals surface area contributed by atoms with Crippen molar-refractivity contribution in [3.05, 3.63) is 23.8 Å². The number of carbonyl (C=O) groups excluding carboxylic acids is 1. The number of benzene rings is 1. The van der Waals surface area contributed by atoms with Crippen LogP contribution >= 0.6 is 0 Å². The molecule has 0 bridgehead atoms. The number of ether oxygens (including phenoxy) is 2.